The maximum absolute atomic E-state index is 13.5. The zero-order valence-electron chi connectivity index (χ0n) is 9.57. The summed E-state index contributed by atoms with van der Waals surface area (Å²) in [6.07, 6.45) is 0. The van der Waals surface area contributed by atoms with Gasteiger partial charge in [-0.3, -0.25) is 4.98 Å². The SMILES string of the molecule is NCc1cccc(COc2ccc(Br)cc2F)n1. The average Bonchev–Trinajstić information content (AvgIpc) is 2.38. The van der Waals surface area contributed by atoms with Gasteiger partial charge in [0.2, 0.25) is 0 Å². The summed E-state index contributed by atoms with van der Waals surface area (Å²) in [4.78, 5) is 4.27. The van der Waals surface area contributed by atoms with Crippen LogP contribution >= 0.6 is 15.9 Å². The highest BCUT2D eigenvalue weighted by molar-refractivity contribution is 9.10. The highest BCUT2D eigenvalue weighted by Crippen LogP contribution is 2.22. The molecule has 0 saturated heterocycles. The molecule has 0 fully saturated rings. The van der Waals surface area contributed by atoms with Crippen LogP contribution in [0.5, 0.6) is 5.75 Å². The Morgan fingerprint density at radius 2 is 2.00 bits per heavy atom. The Morgan fingerprint density at radius 3 is 2.72 bits per heavy atom. The molecule has 0 atom stereocenters. The molecule has 0 spiro atoms. The third-order valence-corrected chi connectivity index (χ3v) is 2.84. The van der Waals surface area contributed by atoms with Gasteiger partial charge in [-0.15, -0.1) is 0 Å². The lowest BCUT2D eigenvalue weighted by molar-refractivity contribution is 0.285. The Labute approximate surface area is 113 Å². The number of hydrogen-bond donors (Lipinski definition) is 1. The van der Waals surface area contributed by atoms with Crippen molar-refractivity contribution >= 4 is 15.9 Å². The van der Waals surface area contributed by atoms with Crippen LogP contribution in [0.2, 0.25) is 0 Å². The van der Waals surface area contributed by atoms with E-state index in [1.165, 1.54) is 6.07 Å². The minimum Gasteiger partial charge on any atom is -0.484 e. The zero-order valence-corrected chi connectivity index (χ0v) is 11.2. The fourth-order valence-corrected chi connectivity index (χ4v) is 1.80. The highest BCUT2D eigenvalue weighted by Gasteiger charge is 2.05. The number of nitrogens with two attached hydrogens (primary N) is 1. The van der Waals surface area contributed by atoms with Gasteiger partial charge in [0.25, 0.3) is 0 Å². The highest BCUT2D eigenvalue weighted by atomic mass is 79.9. The number of hydrogen-bond acceptors (Lipinski definition) is 3. The van der Waals surface area contributed by atoms with Crippen molar-refractivity contribution in [2.45, 2.75) is 13.2 Å². The Kier molecular flexibility index (Phi) is 4.28. The molecule has 1 aromatic carbocycles. The minimum absolute atomic E-state index is 0.207. The molecule has 5 heteroatoms. The van der Waals surface area contributed by atoms with Crippen molar-refractivity contribution < 1.29 is 9.13 Å². The van der Waals surface area contributed by atoms with Crippen molar-refractivity contribution in [1.29, 1.82) is 0 Å². The van der Waals surface area contributed by atoms with Crippen LogP contribution in [0.25, 0.3) is 0 Å². The fourth-order valence-electron chi connectivity index (χ4n) is 1.47. The van der Waals surface area contributed by atoms with Crippen molar-refractivity contribution in [2.75, 3.05) is 0 Å². The van der Waals surface area contributed by atoms with E-state index in [4.69, 9.17) is 10.5 Å². The largest absolute Gasteiger partial charge is 0.484 e. The van der Waals surface area contributed by atoms with Crippen molar-refractivity contribution in [1.82, 2.24) is 4.98 Å². The van der Waals surface area contributed by atoms with Gasteiger partial charge in [0.05, 0.1) is 11.4 Å². The first kappa shape index (κ1) is 13.0. The third-order valence-electron chi connectivity index (χ3n) is 2.34. The molecule has 3 nitrogen and oxygen atoms in total. The molecule has 2 N–H and O–H groups in total. The van der Waals surface area contributed by atoms with E-state index < -0.39 is 5.82 Å². The first-order valence-electron chi connectivity index (χ1n) is 5.42. The first-order valence-corrected chi connectivity index (χ1v) is 6.21. The fraction of sp³-hybridized carbons (Fsp3) is 0.154. The van der Waals surface area contributed by atoms with Crippen LogP contribution in [-0.2, 0) is 13.2 Å². The molecule has 18 heavy (non-hydrogen) atoms. The van der Waals surface area contributed by atoms with Gasteiger partial charge >= 0.3 is 0 Å². The number of ether oxygens (including phenoxy) is 1. The molecular weight excluding hydrogens is 299 g/mol. The molecule has 0 unspecified atom stereocenters. The number of nitrogens with zero attached hydrogens (tertiary/aromatic N) is 1. The second-order valence-corrected chi connectivity index (χ2v) is 4.60. The molecule has 94 valence electrons. The van der Waals surface area contributed by atoms with Gasteiger partial charge in [0.15, 0.2) is 11.6 Å². The summed E-state index contributed by atoms with van der Waals surface area (Å²) >= 11 is 3.19. The van der Waals surface area contributed by atoms with E-state index in [1.807, 2.05) is 18.2 Å². The molecule has 0 amide bonds. The van der Waals surface area contributed by atoms with Crippen LogP contribution in [0.4, 0.5) is 4.39 Å². The summed E-state index contributed by atoms with van der Waals surface area (Å²) in [6, 6.07) is 10.2. The van der Waals surface area contributed by atoms with E-state index in [-0.39, 0.29) is 12.4 Å². The summed E-state index contributed by atoms with van der Waals surface area (Å²) < 4.78 is 19.6. The molecule has 2 rings (SSSR count). The zero-order chi connectivity index (χ0) is 13.0. The van der Waals surface area contributed by atoms with Gasteiger partial charge in [0.1, 0.15) is 6.61 Å². The van der Waals surface area contributed by atoms with Crippen LogP contribution in [-0.4, -0.2) is 4.98 Å². The van der Waals surface area contributed by atoms with E-state index in [0.29, 0.717) is 11.0 Å². The van der Waals surface area contributed by atoms with E-state index in [0.717, 1.165) is 11.4 Å². The molecule has 0 radical (unpaired) electrons. The van der Waals surface area contributed by atoms with Gasteiger partial charge in [0, 0.05) is 11.0 Å². The van der Waals surface area contributed by atoms with Gasteiger partial charge in [-0.25, -0.2) is 4.39 Å². The predicted octanol–water partition coefficient (Wildman–Crippen LogP) is 3.02. The second-order valence-electron chi connectivity index (χ2n) is 3.69. The Morgan fingerprint density at radius 1 is 1.22 bits per heavy atom. The van der Waals surface area contributed by atoms with Crippen molar-refractivity contribution in [3.63, 3.8) is 0 Å². The summed E-state index contributed by atoms with van der Waals surface area (Å²) in [5.41, 5.74) is 7.01. The maximum atomic E-state index is 13.5. The van der Waals surface area contributed by atoms with Crippen LogP contribution in [0.1, 0.15) is 11.4 Å². The summed E-state index contributed by atoms with van der Waals surface area (Å²) in [7, 11) is 0. The molecule has 0 aliphatic carbocycles. The third kappa shape index (κ3) is 3.27. The van der Waals surface area contributed by atoms with Crippen LogP contribution in [0.15, 0.2) is 40.9 Å². The molecule has 0 aliphatic rings. The smallest absolute Gasteiger partial charge is 0.166 e. The molecule has 0 aliphatic heterocycles. The monoisotopic (exact) mass is 310 g/mol. The topological polar surface area (TPSA) is 48.1 Å². The second kappa shape index (κ2) is 5.93. The molecule has 0 bridgehead atoms. The summed E-state index contributed by atoms with van der Waals surface area (Å²) in [5, 5.41) is 0. The molecule has 0 saturated carbocycles. The van der Waals surface area contributed by atoms with E-state index in [9.17, 15) is 4.39 Å². The van der Waals surface area contributed by atoms with E-state index >= 15 is 0 Å². The number of rotatable bonds is 4. The van der Waals surface area contributed by atoms with Gasteiger partial charge < -0.3 is 10.5 Å². The lowest BCUT2D eigenvalue weighted by atomic mass is 10.3. The molecular formula is C13H12BrFN2O. The quantitative estimate of drug-likeness (QED) is 0.944. The van der Waals surface area contributed by atoms with Crippen LogP contribution in [0, 0.1) is 5.82 Å². The Balaban J connectivity index is 2.06. The first-order chi connectivity index (χ1) is 8.69. The number of halogens is 2. The normalized spacial score (nSPS) is 10.4. The molecule has 1 aromatic heterocycles. The van der Waals surface area contributed by atoms with Crippen molar-refractivity contribution in [3.05, 3.63) is 58.1 Å². The van der Waals surface area contributed by atoms with Gasteiger partial charge in [-0.2, -0.15) is 0 Å². The molecule has 2 aromatic rings. The van der Waals surface area contributed by atoms with Crippen molar-refractivity contribution in [2.24, 2.45) is 5.73 Å². The lowest BCUT2D eigenvalue weighted by Crippen LogP contribution is -2.04. The van der Waals surface area contributed by atoms with E-state index in [1.54, 1.807) is 12.1 Å². The summed E-state index contributed by atoms with van der Waals surface area (Å²) in [5.74, 6) is -0.197. The lowest BCUT2D eigenvalue weighted by Gasteiger charge is -2.07. The molecule has 1 heterocycles. The number of pyridine rings is 1. The van der Waals surface area contributed by atoms with Gasteiger partial charge in [-0.1, -0.05) is 22.0 Å². The standard InChI is InChI=1S/C13H12BrFN2O/c14-9-4-5-13(12(15)6-9)18-8-11-3-1-2-10(7-16)17-11/h1-6H,7-8,16H2. The number of aromatic nitrogens is 1. The Hall–Kier alpha value is -1.46. The van der Waals surface area contributed by atoms with Gasteiger partial charge in [-0.05, 0) is 30.3 Å². The maximum Gasteiger partial charge on any atom is 0.166 e. The van der Waals surface area contributed by atoms with Crippen LogP contribution in [0.3, 0.4) is 0 Å². The predicted molar refractivity (Wildman–Crippen MR) is 70.6 cm³/mol. The Bertz CT molecular complexity index is 548. The summed E-state index contributed by atoms with van der Waals surface area (Å²) in [6.45, 7) is 0.590. The van der Waals surface area contributed by atoms with Crippen molar-refractivity contribution in [3.8, 4) is 5.75 Å². The minimum atomic E-state index is -0.403. The van der Waals surface area contributed by atoms with Crippen LogP contribution < -0.4 is 10.5 Å². The average molecular weight is 311 g/mol. The van der Waals surface area contributed by atoms with E-state index in [2.05, 4.69) is 20.9 Å². The number of benzene rings is 1.